The number of rotatable bonds is 7. The summed E-state index contributed by atoms with van der Waals surface area (Å²) < 4.78 is 0. The second kappa shape index (κ2) is 10.6. The first kappa shape index (κ1) is 23.7. The van der Waals surface area contributed by atoms with Crippen molar-refractivity contribution in [3.63, 3.8) is 0 Å². The molecule has 12 nitrogen and oxygen atoms in total. The second-order valence-electron chi connectivity index (χ2n) is 8.14. The van der Waals surface area contributed by atoms with Gasteiger partial charge in [-0.2, -0.15) is 0 Å². The number of carbonyl (C=O) groups is 4. The van der Waals surface area contributed by atoms with E-state index in [4.69, 9.17) is 0 Å². The molecule has 35 heavy (non-hydrogen) atoms. The number of hydrogen-bond donors (Lipinski definition) is 5. The number of carboxylic acids is 1. The van der Waals surface area contributed by atoms with Crippen molar-refractivity contribution in [2.24, 2.45) is 10.9 Å². The Morgan fingerprint density at radius 3 is 2.77 bits per heavy atom. The fourth-order valence-corrected chi connectivity index (χ4v) is 3.93. The van der Waals surface area contributed by atoms with Crippen molar-refractivity contribution >= 4 is 41.1 Å². The van der Waals surface area contributed by atoms with E-state index >= 15 is 0 Å². The molecule has 0 spiro atoms. The topological polar surface area (TPSA) is 165 Å². The lowest BCUT2D eigenvalue weighted by molar-refractivity contribution is -0.138. The number of aliphatic imine (C=N–C) groups is 1. The van der Waals surface area contributed by atoms with Crippen LogP contribution in [0.25, 0.3) is 0 Å². The van der Waals surface area contributed by atoms with E-state index in [2.05, 4.69) is 31.2 Å². The molecule has 2 atom stereocenters. The summed E-state index contributed by atoms with van der Waals surface area (Å²) >= 11 is 0. The van der Waals surface area contributed by atoms with E-state index < -0.39 is 29.9 Å². The summed E-state index contributed by atoms with van der Waals surface area (Å²) in [4.78, 5) is 58.7. The third-order valence-electron chi connectivity index (χ3n) is 5.60. The maximum absolute atomic E-state index is 12.9. The zero-order chi connectivity index (χ0) is 24.8. The van der Waals surface area contributed by atoms with E-state index in [0.717, 1.165) is 0 Å². The molecule has 12 heteroatoms. The average molecular weight is 479 g/mol. The molecule has 4 rings (SSSR count). The van der Waals surface area contributed by atoms with E-state index in [1.807, 2.05) is 0 Å². The van der Waals surface area contributed by atoms with Crippen LogP contribution in [0, 0.1) is 5.92 Å². The smallest absolute Gasteiger partial charge is 0.325 e. The highest BCUT2D eigenvalue weighted by molar-refractivity contribution is 6.04. The number of urea groups is 1. The van der Waals surface area contributed by atoms with Crippen LogP contribution in [0.3, 0.4) is 0 Å². The molecule has 5 N–H and O–H groups in total. The molecule has 3 heterocycles. The number of hydrogen-bond acceptors (Lipinski definition) is 7. The van der Waals surface area contributed by atoms with Crippen LogP contribution in [0.2, 0.25) is 0 Å². The summed E-state index contributed by atoms with van der Waals surface area (Å²) in [5, 5.41) is 20.2. The van der Waals surface area contributed by atoms with Crippen LogP contribution in [-0.4, -0.2) is 59.5 Å². The molecule has 2 aliphatic rings. The molecule has 2 unspecified atom stereocenters. The van der Waals surface area contributed by atoms with Gasteiger partial charge in [-0.1, -0.05) is 12.1 Å². The van der Waals surface area contributed by atoms with Crippen LogP contribution >= 0.6 is 0 Å². The number of pyridine rings is 1. The molecule has 0 saturated carbocycles. The molecule has 182 valence electrons. The average Bonchev–Trinajstić information content (AvgIpc) is 3.48. The van der Waals surface area contributed by atoms with Gasteiger partial charge in [-0.25, -0.2) is 4.79 Å². The van der Waals surface area contributed by atoms with E-state index in [0.29, 0.717) is 36.0 Å². The first-order valence-corrected chi connectivity index (χ1v) is 11.1. The minimum atomic E-state index is -1.06. The molecule has 1 aromatic carbocycles. The maximum Gasteiger partial charge on any atom is 0.325 e. The predicted octanol–water partition coefficient (Wildman–Crippen LogP) is 0.847. The SMILES string of the molecule is O=C(O)CC(NC(=O)C1CC(=O)N(c2cccc(NC(=O)NC3=NCCN3)c2)C1)c1cccnc1. The highest BCUT2D eigenvalue weighted by Crippen LogP contribution is 2.28. The Kier molecular flexibility index (Phi) is 7.19. The van der Waals surface area contributed by atoms with Crippen LogP contribution in [0.4, 0.5) is 16.2 Å². The number of nitrogens with one attached hydrogen (secondary N) is 4. The number of carbonyl (C=O) groups excluding carboxylic acids is 3. The van der Waals surface area contributed by atoms with Crippen LogP contribution in [0.15, 0.2) is 53.8 Å². The van der Waals surface area contributed by atoms with E-state index in [-0.39, 0.29) is 25.3 Å². The van der Waals surface area contributed by atoms with Crippen molar-refractivity contribution in [2.75, 3.05) is 29.9 Å². The van der Waals surface area contributed by atoms with E-state index in [1.165, 1.54) is 11.1 Å². The minimum absolute atomic E-state index is 0.0116. The van der Waals surface area contributed by atoms with Crippen molar-refractivity contribution in [2.45, 2.75) is 18.9 Å². The fraction of sp³-hybridized carbons (Fsp3) is 0.304. The normalized spacial score (nSPS) is 17.8. The molecule has 0 aliphatic carbocycles. The Labute approximate surface area is 200 Å². The van der Waals surface area contributed by atoms with Crippen molar-refractivity contribution in [1.29, 1.82) is 0 Å². The lowest BCUT2D eigenvalue weighted by Crippen LogP contribution is -2.40. The van der Waals surface area contributed by atoms with Gasteiger partial charge in [0.05, 0.1) is 24.9 Å². The van der Waals surface area contributed by atoms with Crippen LogP contribution < -0.4 is 26.2 Å². The van der Waals surface area contributed by atoms with Crippen LogP contribution in [0.5, 0.6) is 0 Å². The Hall–Kier alpha value is -4.48. The zero-order valence-corrected chi connectivity index (χ0v) is 18.7. The van der Waals surface area contributed by atoms with Gasteiger partial charge in [0.25, 0.3) is 0 Å². The van der Waals surface area contributed by atoms with Crippen molar-refractivity contribution in [3.8, 4) is 0 Å². The van der Waals surface area contributed by atoms with Gasteiger partial charge in [0.1, 0.15) is 0 Å². The van der Waals surface area contributed by atoms with Gasteiger partial charge in [-0.05, 0) is 29.8 Å². The molecule has 1 aromatic heterocycles. The number of aromatic nitrogens is 1. The lowest BCUT2D eigenvalue weighted by atomic mass is 10.0. The Morgan fingerprint density at radius 2 is 2.06 bits per heavy atom. The number of anilines is 2. The van der Waals surface area contributed by atoms with Gasteiger partial charge < -0.3 is 26.0 Å². The van der Waals surface area contributed by atoms with Gasteiger partial charge in [-0.3, -0.25) is 29.7 Å². The standard InChI is InChI=1S/C23H25N7O5/c31-19-9-15(21(34)28-18(11-20(32)33)14-3-2-6-24-12-14)13-30(19)17-5-1-4-16(10-17)27-23(35)29-22-25-7-8-26-22/h1-6,10,12,15,18H,7-9,11,13H2,(H,28,34)(H,32,33)(H3,25,26,27,29,35). The summed E-state index contributed by atoms with van der Waals surface area (Å²) in [5.41, 5.74) is 1.58. The highest BCUT2D eigenvalue weighted by Gasteiger charge is 2.36. The highest BCUT2D eigenvalue weighted by atomic mass is 16.4. The van der Waals surface area contributed by atoms with Gasteiger partial charge in [0.15, 0.2) is 5.96 Å². The monoisotopic (exact) mass is 479 g/mol. The Balaban J connectivity index is 1.40. The summed E-state index contributed by atoms with van der Waals surface area (Å²) in [6, 6.07) is 8.86. The molecule has 0 radical (unpaired) electrons. The first-order chi connectivity index (χ1) is 16.9. The summed E-state index contributed by atoms with van der Waals surface area (Å²) in [6.45, 7) is 1.39. The van der Waals surface area contributed by atoms with Crippen LogP contribution in [-0.2, 0) is 14.4 Å². The molecule has 2 aromatic rings. The first-order valence-electron chi connectivity index (χ1n) is 11.1. The zero-order valence-electron chi connectivity index (χ0n) is 18.7. The van der Waals surface area contributed by atoms with Crippen LogP contribution in [0.1, 0.15) is 24.4 Å². The Bertz CT molecular complexity index is 1150. The number of nitrogens with zero attached hydrogens (tertiary/aromatic N) is 3. The predicted molar refractivity (Wildman–Crippen MR) is 127 cm³/mol. The number of benzene rings is 1. The molecular formula is C23H25N7O5. The van der Waals surface area contributed by atoms with Crippen molar-refractivity contribution < 1.29 is 24.3 Å². The summed E-state index contributed by atoms with van der Waals surface area (Å²) in [5.74, 6) is -1.97. The number of amides is 4. The molecular weight excluding hydrogens is 454 g/mol. The van der Waals surface area contributed by atoms with Gasteiger partial charge >= 0.3 is 12.0 Å². The summed E-state index contributed by atoms with van der Waals surface area (Å²) in [6.07, 6.45) is 2.74. The van der Waals surface area contributed by atoms with Crippen molar-refractivity contribution in [1.82, 2.24) is 20.9 Å². The third kappa shape index (κ3) is 6.10. The molecule has 1 saturated heterocycles. The third-order valence-corrected chi connectivity index (χ3v) is 5.60. The van der Waals surface area contributed by atoms with Crippen molar-refractivity contribution in [3.05, 3.63) is 54.4 Å². The summed E-state index contributed by atoms with van der Waals surface area (Å²) in [7, 11) is 0. The number of aliphatic carboxylic acids is 1. The van der Waals surface area contributed by atoms with Gasteiger partial charge in [-0.15, -0.1) is 0 Å². The quantitative estimate of drug-likeness (QED) is 0.393. The largest absolute Gasteiger partial charge is 0.481 e. The van der Waals surface area contributed by atoms with Gasteiger partial charge in [0, 0.05) is 43.3 Å². The molecule has 2 aliphatic heterocycles. The lowest BCUT2D eigenvalue weighted by Gasteiger charge is -2.20. The molecule has 0 bridgehead atoms. The maximum atomic E-state index is 12.9. The number of carboxylic acid groups (broad SMARTS) is 1. The van der Waals surface area contributed by atoms with Gasteiger partial charge in [0.2, 0.25) is 11.8 Å². The number of guanidine groups is 1. The fourth-order valence-electron chi connectivity index (χ4n) is 3.93. The van der Waals surface area contributed by atoms with E-state index in [1.54, 1.807) is 42.6 Å². The Morgan fingerprint density at radius 1 is 1.20 bits per heavy atom. The van der Waals surface area contributed by atoms with E-state index in [9.17, 15) is 24.3 Å². The second-order valence-corrected chi connectivity index (χ2v) is 8.14. The molecule has 4 amide bonds. The minimum Gasteiger partial charge on any atom is -0.481 e. The molecule has 1 fully saturated rings.